The molecule has 0 spiro atoms. The predicted octanol–water partition coefficient (Wildman–Crippen LogP) is 3.00. The fourth-order valence-electron chi connectivity index (χ4n) is 3.36. The number of carboxylic acids is 1. The summed E-state index contributed by atoms with van der Waals surface area (Å²) >= 11 is 1.20. The van der Waals surface area contributed by atoms with E-state index in [1.165, 1.54) is 11.3 Å². The van der Waals surface area contributed by atoms with Crippen LogP contribution in [0.2, 0.25) is 0 Å². The molecule has 0 aliphatic rings. The number of aliphatic carboxylic acids is 1. The third kappa shape index (κ3) is 4.62. The highest BCUT2D eigenvalue weighted by molar-refractivity contribution is 7.16. The molecule has 0 bridgehead atoms. The number of aromatic nitrogens is 4. The van der Waals surface area contributed by atoms with Crippen LogP contribution < -0.4 is 4.87 Å². The minimum absolute atomic E-state index is 0.0254. The topological polar surface area (TPSA) is 108 Å². The molecule has 10 heteroatoms. The normalized spacial score (nSPS) is 12.3. The van der Waals surface area contributed by atoms with Gasteiger partial charge in [0.05, 0.1) is 22.5 Å². The Bertz CT molecular complexity index is 1290. The van der Waals surface area contributed by atoms with Gasteiger partial charge in [0.1, 0.15) is 13.3 Å². The third-order valence-corrected chi connectivity index (χ3v) is 5.98. The van der Waals surface area contributed by atoms with E-state index in [0.29, 0.717) is 5.82 Å². The van der Waals surface area contributed by atoms with Crippen LogP contribution in [0.15, 0.2) is 53.6 Å². The lowest BCUT2D eigenvalue weighted by Gasteiger charge is -2.10. The number of thiazole rings is 1. The van der Waals surface area contributed by atoms with Crippen molar-refractivity contribution in [2.24, 2.45) is 0 Å². The van der Waals surface area contributed by atoms with Gasteiger partial charge in [-0.05, 0) is 35.4 Å². The fraction of sp³-hybridized carbons (Fsp3) is 0.273. The minimum Gasteiger partial charge on any atom is -0.480 e. The van der Waals surface area contributed by atoms with Gasteiger partial charge in [-0.25, -0.2) is 14.5 Å². The molecule has 4 aromatic rings. The number of fused-ring (bicyclic) bond motifs is 1. The first-order valence-corrected chi connectivity index (χ1v) is 10.7. The SMILES string of the molecule is COCn1c(=O)sc2cc(C(C)c3ccn(-c4ccc(COCC(=O)O)cn4)n3)ccc21. The summed E-state index contributed by atoms with van der Waals surface area (Å²) in [6.45, 7) is 2.14. The molecule has 166 valence electrons. The lowest BCUT2D eigenvalue weighted by molar-refractivity contribution is -0.142. The first-order valence-electron chi connectivity index (χ1n) is 9.89. The maximum atomic E-state index is 12.2. The summed E-state index contributed by atoms with van der Waals surface area (Å²) in [4.78, 5) is 27.1. The number of hydrogen-bond acceptors (Lipinski definition) is 7. The summed E-state index contributed by atoms with van der Waals surface area (Å²) in [5.74, 6) is -0.332. The average molecular weight is 455 g/mol. The number of carbonyl (C=O) groups is 1. The molecular weight excluding hydrogens is 432 g/mol. The Labute approximate surface area is 187 Å². The molecule has 32 heavy (non-hydrogen) atoms. The van der Waals surface area contributed by atoms with Crippen LogP contribution in [0.25, 0.3) is 16.0 Å². The Balaban J connectivity index is 1.50. The van der Waals surface area contributed by atoms with Crippen LogP contribution in [0.1, 0.15) is 29.7 Å². The molecule has 3 aromatic heterocycles. The van der Waals surface area contributed by atoms with Crippen molar-refractivity contribution in [3.63, 3.8) is 0 Å². The van der Waals surface area contributed by atoms with Crippen molar-refractivity contribution in [1.82, 2.24) is 19.3 Å². The molecule has 3 heterocycles. The van der Waals surface area contributed by atoms with Gasteiger partial charge in [-0.2, -0.15) is 5.10 Å². The third-order valence-electron chi connectivity index (χ3n) is 5.04. The van der Waals surface area contributed by atoms with E-state index >= 15 is 0 Å². The lowest BCUT2D eigenvalue weighted by atomic mass is 9.98. The minimum atomic E-state index is -1.01. The highest BCUT2D eigenvalue weighted by Gasteiger charge is 2.15. The average Bonchev–Trinajstić information content (AvgIpc) is 3.38. The molecular formula is C22H22N4O5S. The number of nitrogens with zero attached hydrogens (tertiary/aromatic N) is 4. The molecule has 0 aliphatic heterocycles. The monoisotopic (exact) mass is 454 g/mol. The molecule has 4 rings (SSSR count). The zero-order chi connectivity index (χ0) is 22.7. The van der Waals surface area contributed by atoms with Crippen molar-refractivity contribution in [3.05, 3.63) is 75.3 Å². The smallest absolute Gasteiger partial charge is 0.329 e. The Morgan fingerprint density at radius 3 is 2.81 bits per heavy atom. The molecule has 1 aromatic carbocycles. The number of rotatable bonds is 9. The van der Waals surface area contributed by atoms with E-state index in [4.69, 9.17) is 14.6 Å². The first-order chi connectivity index (χ1) is 15.5. The number of methoxy groups -OCH3 is 1. The van der Waals surface area contributed by atoms with Crippen LogP contribution in [0.5, 0.6) is 0 Å². The van der Waals surface area contributed by atoms with Gasteiger partial charge in [-0.1, -0.05) is 30.4 Å². The van der Waals surface area contributed by atoms with E-state index in [2.05, 4.69) is 17.0 Å². The van der Waals surface area contributed by atoms with Gasteiger partial charge in [0.15, 0.2) is 5.82 Å². The van der Waals surface area contributed by atoms with Crippen molar-refractivity contribution in [2.75, 3.05) is 13.7 Å². The molecule has 1 atom stereocenters. The van der Waals surface area contributed by atoms with Gasteiger partial charge in [0.2, 0.25) is 0 Å². The van der Waals surface area contributed by atoms with Gasteiger partial charge in [-0.3, -0.25) is 9.36 Å². The van der Waals surface area contributed by atoms with Crippen LogP contribution in [0.3, 0.4) is 0 Å². The maximum absolute atomic E-state index is 12.2. The van der Waals surface area contributed by atoms with Crippen molar-refractivity contribution in [2.45, 2.75) is 26.2 Å². The second kappa shape index (κ2) is 9.43. The zero-order valence-electron chi connectivity index (χ0n) is 17.6. The number of carboxylic acid groups (broad SMARTS) is 1. The van der Waals surface area contributed by atoms with Crippen LogP contribution in [0.4, 0.5) is 0 Å². The fourth-order valence-corrected chi connectivity index (χ4v) is 4.29. The van der Waals surface area contributed by atoms with Crippen LogP contribution >= 0.6 is 11.3 Å². The molecule has 9 nitrogen and oxygen atoms in total. The summed E-state index contributed by atoms with van der Waals surface area (Å²) in [7, 11) is 1.57. The van der Waals surface area contributed by atoms with Crippen molar-refractivity contribution in [3.8, 4) is 5.82 Å². The summed E-state index contributed by atoms with van der Waals surface area (Å²) in [6, 6.07) is 11.6. The summed E-state index contributed by atoms with van der Waals surface area (Å²) in [5, 5.41) is 13.3. The molecule has 0 fully saturated rings. The van der Waals surface area contributed by atoms with E-state index in [1.807, 2.05) is 42.6 Å². The Hall–Kier alpha value is -3.34. The number of ether oxygens (including phenoxy) is 2. The Morgan fingerprint density at radius 1 is 1.25 bits per heavy atom. The number of hydrogen-bond donors (Lipinski definition) is 1. The molecule has 0 radical (unpaired) electrons. The van der Waals surface area contributed by atoms with Gasteiger partial charge in [0.25, 0.3) is 0 Å². The summed E-state index contributed by atoms with van der Waals surface area (Å²) < 4.78 is 14.4. The zero-order valence-corrected chi connectivity index (χ0v) is 18.4. The van der Waals surface area contributed by atoms with Gasteiger partial charge >= 0.3 is 10.8 Å². The molecule has 0 aliphatic carbocycles. The molecule has 0 saturated carbocycles. The molecule has 1 unspecified atom stereocenters. The van der Waals surface area contributed by atoms with Crippen molar-refractivity contribution < 1.29 is 19.4 Å². The van der Waals surface area contributed by atoms with E-state index in [9.17, 15) is 9.59 Å². The highest BCUT2D eigenvalue weighted by Crippen LogP contribution is 2.27. The summed E-state index contributed by atoms with van der Waals surface area (Å²) in [5.41, 5.74) is 3.58. The quantitative estimate of drug-likeness (QED) is 0.414. The van der Waals surface area contributed by atoms with E-state index in [-0.39, 0.29) is 30.7 Å². The first kappa shape index (κ1) is 21.9. The largest absolute Gasteiger partial charge is 0.480 e. The van der Waals surface area contributed by atoms with Crippen LogP contribution in [-0.4, -0.2) is 44.1 Å². The second-order valence-electron chi connectivity index (χ2n) is 7.26. The molecule has 0 amide bonds. The standard InChI is InChI=1S/C22H22N4O5S/c1-14(16-4-5-18-19(9-16)32-22(29)25(18)13-30-2)17-7-8-26(24-17)20-6-3-15(10-23-20)11-31-12-21(27)28/h3-10,14H,11-13H2,1-2H3,(H,27,28). The van der Waals surface area contributed by atoms with E-state index < -0.39 is 5.97 Å². The lowest BCUT2D eigenvalue weighted by Crippen LogP contribution is -2.13. The number of pyridine rings is 1. The van der Waals surface area contributed by atoms with Gasteiger partial charge < -0.3 is 14.6 Å². The van der Waals surface area contributed by atoms with E-state index in [0.717, 1.165) is 27.0 Å². The Kier molecular flexibility index (Phi) is 6.45. The van der Waals surface area contributed by atoms with E-state index in [1.54, 1.807) is 22.6 Å². The predicted molar refractivity (Wildman–Crippen MR) is 119 cm³/mol. The van der Waals surface area contributed by atoms with Crippen LogP contribution in [0, 0.1) is 0 Å². The maximum Gasteiger partial charge on any atom is 0.329 e. The number of benzene rings is 1. The van der Waals surface area contributed by atoms with Crippen molar-refractivity contribution >= 4 is 27.5 Å². The van der Waals surface area contributed by atoms with Crippen molar-refractivity contribution in [1.29, 1.82) is 0 Å². The highest BCUT2D eigenvalue weighted by atomic mass is 32.1. The second-order valence-corrected chi connectivity index (χ2v) is 8.25. The molecule has 1 N–H and O–H groups in total. The Morgan fingerprint density at radius 2 is 2.09 bits per heavy atom. The van der Waals surface area contributed by atoms with Gasteiger partial charge in [0, 0.05) is 25.4 Å². The summed E-state index contributed by atoms with van der Waals surface area (Å²) in [6.07, 6.45) is 3.49. The van der Waals surface area contributed by atoms with Gasteiger partial charge in [-0.15, -0.1) is 0 Å². The molecule has 0 saturated heterocycles. The van der Waals surface area contributed by atoms with Crippen LogP contribution in [-0.2, 0) is 27.6 Å².